The van der Waals surface area contributed by atoms with Crippen LogP contribution in [0, 0.1) is 24.7 Å². The van der Waals surface area contributed by atoms with Crippen molar-refractivity contribution >= 4 is 29.0 Å². The molecule has 0 bridgehead atoms. The lowest BCUT2D eigenvalue weighted by Gasteiger charge is -2.30. The van der Waals surface area contributed by atoms with Crippen LogP contribution in [0.1, 0.15) is 49.7 Å². The Morgan fingerprint density at radius 1 is 1.12 bits per heavy atom. The highest BCUT2D eigenvalue weighted by Gasteiger charge is 2.48. The fraction of sp³-hybridized carbons (Fsp3) is 0.483. The van der Waals surface area contributed by atoms with Crippen LogP contribution in [0.4, 0.5) is 10.6 Å². The van der Waals surface area contributed by atoms with Gasteiger partial charge in [-0.1, -0.05) is 23.6 Å². The number of nitrogens with one attached hydrogen (secondary N) is 1. The molecule has 1 aliphatic carbocycles. The van der Waals surface area contributed by atoms with Crippen molar-refractivity contribution in [1.82, 2.24) is 29.7 Å². The first-order valence-corrected chi connectivity index (χ1v) is 14.1. The number of piperidine rings is 1. The maximum atomic E-state index is 12.5. The van der Waals surface area contributed by atoms with Gasteiger partial charge in [-0.15, -0.1) is 0 Å². The van der Waals surface area contributed by atoms with Crippen molar-refractivity contribution in [3.05, 3.63) is 42.0 Å². The molecule has 2 aromatic heterocycles. The fourth-order valence-corrected chi connectivity index (χ4v) is 5.16. The van der Waals surface area contributed by atoms with E-state index in [1.807, 2.05) is 19.1 Å². The number of nitrogens with zero attached hydrogens (tertiary/aromatic N) is 5. The van der Waals surface area contributed by atoms with E-state index >= 15 is 0 Å². The van der Waals surface area contributed by atoms with Gasteiger partial charge in [0, 0.05) is 25.6 Å². The molecule has 4 atom stereocenters. The van der Waals surface area contributed by atoms with Gasteiger partial charge in [0.1, 0.15) is 23.5 Å². The monoisotopic (exact) mass is 575 g/mol. The lowest BCUT2D eigenvalue weighted by molar-refractivity contribution is -0.137. The Balaban J connectivity index is 1.08. The van der Waals surface area contributed by atoms with Gasteiger partial charge in [0.2, 0.25) is 5.82 Å². The highest BCUT2D eigenvalue weighted by Crippen LogP contribution is 2.33. The van der Waals surface area contributed by atoms with Gasteiger partial charge in [-0.3, -0.25) is 9.36 Å². The molecule has 2 amide bonds. The number of likely N-dealkylation sites (tertiary alicyclic amines) is 1. The minimum absolute atomic E-state index is 0.0837. The first kappa shape index (κ1) is 27.9. The number of aryl methyl sites for hydroxylation is 1. The second kappa shape index (κ2) is 11.6. The number of nitrogen functional groups attached to an aromatic ring is 1. The Morgan fingerprint density at radius 3 is 2.57 bits per heavy atom. The zero-order valence-electron chi connectivity index (χ0n) is 23.1. The number of nitrogens with two attached hydrogens (primary N) is 1. The van der Waals surface area contributed by atoms with Crippen LogP contribution in [0.5, 0.6) is 5.75 Å². The van der Waals surface area contributed by atoms with E-state index in [1.165, 1.54) is 10.9 Å². The molecule has 0 radical (unpaired) electrons. The normalized spacial score (nSPS) is 24.3. The number of anilines is 1. The number of ether oxygens (including phenoxy) is 2. The minimum atomic E-state index is -1.42. The van der Waals surface area contributed by atoms with Crippen molar-refractivity contribution in [1.29, 1.82) is 0 Å². The molecule has 3 fully saturated rings. The van der Waals surface area contributed by atoms with E-state index in [2.05, 4.69) is 32.1 Å². The summed E-state index contributed by atoms with van der Waals surface area (Å²) in [5, 5.41) is 24.0. The number of imidazole rings is 1. The zero-order valence-corrected chi connectivity index (χ0v) is 23.1. The van der Waals surface area contributed by atoms with Crippen LogP contribution in [-0.2, 0) is 9.53 Å². The molecular formula is C29H33N7O6. The number of aliphatic hydroxyl groups is 2. The second-order valence-corrected chi connectivity index (χ2v) is 11.1. The summed E-state index contributed by atoms with van der Waals surface area (Å²) in [4.78, 5) is 39.7. The predicted molar refractivity (Wildman–Crippen MR) is 150 cm³/mol. The number of hydrogen-bond acceptors (Lipinski definition) is 10. The Bertz CT molecular complexity index is 1540. The molecule has 2 saturated heterocycles. The van der Waals surface area contributed by atoms with Crippen LogP contribution in [0.2, 0.25) is 0 Å². The molecular weight excluding hydrogens is 542 g/mol. The summed E-state index contributed by atoms with van der Waals surface area (Å²) in [6, 6.07) is 7.45. The summed E-state index contributed by atoms with van der Waals surface area (Å²) in [7, 11) is 0. The van der Waals surface area contributed by atoms with Gasteiger partial charge in [0.25, 0.3) is 5.91 Å². The molecule has 1 aromatic carbocycles. The summed E-state index contributed by atoms with van der Waals surface area (Å²) in [6.07, 6.45) is -0.149. The molecule has 0 unspecified atom stereocenters. The van der Waals surface area contributed by atoms with E-state index in [4.69, 9.17) is 15.2 Å². The van der Waals surface area contributed by atoms with Gasteiger partial charge in [-0.25, -0.2) is 19.7 Å². The topological polar surface area (TPSA) is 178 Å². The van der Waals surface area contributed by atoms with E-state index in [0.717, 1.165) is 31.2 Å². The maximum absolute atomic E-state index is 12.5. The first-order chi connectivity index (χ1) is 20.3. The number of benzene rings is 1. The molecule has 5 N–H and O–H groups in total. The van der Waals surface area contributed by atoms with Crippen LogP contribution < -0.4 is 15.8 Å². The van der Waals surface area contributed by atoms with Crippen LogP contribution >= 0.6 is 0 Å². The summed E-state index contributed by atoms with van der Waals surface area (Å²) < 4.78 is 12.7. The summed E-state index contributed by atoms with van der Waals surface area (Å²) in [5.74, 6) is 6.74. The average Bonchev–Trinajstić information content (AvgIpc) is 3.61. The van der Waals surface area contributed by atoms with Crippen molar-refractivity contribution < 1.29 is 29.3 Å². The van der Waals surface area contributed by atoms with E-state index in [0.29, 0.717) is 36.7 Å². The lowest BCUT2D eigenvalue weighted by atomic mass is 9.94. The molecule has 2 aliphatic heterocycles. The number of carbonyl (C=O) groups is 2. The van der Waals surface area contributed by atoms with Gasteiger partial charge >= 0.3 is 6.09 Å². The quantitative estimate of drug-likeness (QED) is 0.324. The highest BCUT2D eigenvalue weighted by molar-refractivity contribution is 5.83. The number of rotatable bonds is 5. The smallest absolute Gasteiger partial charge is 0.410 e. The summed E-state index contributed by atoms with van der Waals surface area (Å²) >= 11 is 0. The largest absolute Gasteiger partial charge is 0.415 e. The van der Waals surface area contributed by atoms with Crippen molar-refractivity contribution in [2.24, 2.45) is 5.92 Å². The Morgan fingerprint density at radius 2 is 1.86 bits per heavy atom. The highest BCUT2D eigenvalue weighted by atomic mass is 16.6. The van der Waals surface area contributed by atoms with E-state index in [9.17, 15) is 19.8 Å². The number of hydrogen-bond donors (Lipinski definition) is 4. The third kappa shape index (κ3) is 5.87. The van der Waals surface area contributed by atoms with Gasteiger partial charge in [-0.2, -0.15) is 0 Å². The SMILES string of the molecule is Cc1ccc(OC(=O)N2CCC(CC#Cc3nc(N)c4ncn([C@@H]5O[C@H](C(=O)NC6CC6)[C@@H](O)[C@H]5O)c4n3)CC2)cc1. The summed E-state index contributed by atoms with van der Waals surface area (Å²) in [5.41, 5.74) is 7.79. The average molecular weight is 576 g/mol. The van der Waals surface area contributed by atoms with Gasteiger partial charge in [0.05, 0.1) is 6.33 Å². The molecule has 42 heavy (non-hydrogen) atoms. The van der Waals surface area contributed by atoms with Gasteiger partial charge < -0.3 is 35.6 Å². The second-order valence-electron chi connectivity index (χ2n) is 11.1. The Labute approximate surface area is 242 Å². The van der Waals surface area contributed by atoms with Crippen LogP contribution in [0.15, 0.2) is 30.6 Å². The maximum Gasteiger partial charge on any atom is 0.415 e. The summed E-state index contributed by atoms with van der Waals surface area (Å²) in [6.45, 7) is 3.14. The number of amides is 2. The first-order valence-electron chi connectivity index (χ1n) is 14.1. The van der Waals surface area contributed by atoms with Crippen LogP contribution in [0.25, 0.3) is 11.2 Å². The minimum Gasteiger partial charge on any atom is -0.410 e. The predicted octanol–water partition coefficient (Wildman–Crippen LogP) is 1.27. The van der Waals surface area contributed by atoms with Crippen molar-refractivity contribution in [2.45, 2.75) is 69.6 Å². The van der Waals surface area contributed by atoms with E-state index in [-0.39, 0.29) is 29.4 Å². The molecule has 4 heterocycles. The van der Waals surface area contributed by atoms with Gasteiger partial charge in [-0.05, 0) is 56.6 Å². The fourth-order valence-electron chi connectivity index (χ4n) is 5.16. The number of fused-ring (bicyclic) bond motifs is 1. The molecule has 3 aliphatic rings. The third-order valence-electron chi connectivity index (χ3n) is 7.83. The van der Waals surface area contributed by atoms with Crippen molar-refractivity contribution in [3.8, 4) is 17.6 Å². The molecule has 13 nitrogen and oxygen atoms in total. The van der Waals surface area contributed by atoms with E-state index in [1.54, 1.807) is 17.0 Å². The van der Waals surface area contributed by atoms with Gasteiger partial charge in [0.15, 0.2) is 23.8 Å². The van der Waals surface area contributed by atoms with Crippen molar-refractivity contribution in [3.63, 3.8) is 0 Å². The molecule has 6 rings (SSSR count). The third-order valence-corrected chi connectivity index (χ3v) is 7.83. The lowest BCUT2D eigenvalue weighted by Crippen LogP contribution is -2.43. The Kier molecular flexibility index (Phi) is 7.68. The van der Waals surface area contributed by atoms with Crippen LogP contribution in [0.3, 0.4) is 0 Å². The van der Waals surface area contributed by atoms with Crippen LogP contribution in [-0.4, -0.2) is 84.1 Å². The molecule has 13 heteroatoms. The standard InChI is InChI=1S/C29H33N7O6/c1-16-5-9-19(10-6-16)41-29(40)35-13-11-17(12-14-35)3-2-4-20-33-25(30)21-26(34-20)36(15-31-21)28-23(38)22(37)24(42-28)27(39)32-18-7-8-18/h5-6,9-10,15,17-18,22-24,28,37-38H,3,7-8,11-14H2,1H3,(H,32,39)(H2,30,33,34)/t22-,23+,24-,28+/m0/s1. The molecule has 3 aromatic rings. The Hall–Kier alpha value is -4.25. The van der Waals surface area contributed by atoms with E-state index < -0.39 is 30.4 Å². The molecule has 1 saturated carbocycles. The van der Waals surface area contributed by atoms with Crippen molar-refractivity contribution in [2.75, 3.05) is 18.8 Å². The number of carbonyl (C=O) groups excluding carboxylic acids is 2. The number of aromatic nitrogens is 4. The molecule has 0 spiro atoms. The number of aliphatic hydroxyl groups excluding tert-OH is 2. The zero-order chi connectivity index (χ0) is 29.4. The molecule has 220 valence electrons.